The van der Waals surface area contributed by atoms with Crippen LogP contribution in [0.15, 0.2) is 40.8 Å². The van der Waals surface area contributed by atoms with Crippen molar-refractivity contribution in [2.45, 2.75) is 19.9 Å². The summed E-state index contributed by atoms with van der Waals surface area (Å²) < 4.78 is 11.6. The third kappa shape index (κ3) is 4.21. The summed E-state index contributed by atoms with van der Waals surface area (Å²) in [7, 11) is 0. The Bertz CT molecular complexity index is 997. The number of hydrogen-bond acceptors (Lipinski definition) is 6. The van der Waals surface area contributed by atoms with E-state index in [4.69, 9.17) is 21.1 Å². The normalized spacial score (nSPS) is 12.3. The molecule has 8 heteroatoms. The molecule has 0 radical (unpaired) electrons. The molecule has 3 rings (SSSR count). The van der Waals surface area contributed by atoms with Gasteiger partial charge in [-0.1, -0.05) is 23.7 Å². The molecule has 2 heterocycles. The third-order valence-electron chi connectivity index (χ3n) is 4.11. The number of rotatable bonds is 7. The molecule has 0 spiro atoms. The second-order valence-electron chi connectivity index (χ2n) is 5.83. The highest BCUT2D eigenvalue weighted by Crippen LogP contribution is 2.31. The lowest BCUT2D eigenvalue weighted by atomic mass is 10.1. The predicted octanol–water partition coefficient (Wildman–Crippen LogP) is 3.92. The largest absolute Gasteiger partial charge is 0.462 e. The molecule has 0 saturated heterocycles. The first-order chi connectivity index (χ1) is 13.0. The Kier molecular flexibility index (Phi) is 6.26. The molecule has 1 atom stereocenters. The monoisotopic (exact) mass is 406 g/mol. The molecule has 0 amide bonds. The van der Waals surface area contributed by atoms with E-state index >= 15 is 0 Å². The minimum Gasteiger partial charge on any atom is -0.462 e. The zero-order valence-corrected chi connectivity index (χ0v) is 16.5. The lowest BCUT2D eigenvalue weighted by molar-refractivity contribution is -0.148. The van der Waals surface area contributed by atoms with Gasteiger partial charge >= 0.3 is 5.97 Å². The van der Waals surface area contributed by atoms with Crippen LogP contribution in [0.3, 0.4) is 0 Å². The maximum absolute atomic E-state index is 13.0. The van der Waals surface area contributed by atoms with Gasteiger partial charge in [-0.2, -0.15) is 0 Å². The van der Waals surface area contributed by atoms with Crippen LogP contribution in [-0.2, 0) is 14.3 Å². The summed E-state index contributed by atoms with van der Waals surface area (Å²) in [5, 5.41) is 2.99. The lowest BCUT2D eigenvalue weighted by Gasteiger charge is -2.14. The number of thiophene rings is 1. The number of esters is 1. The maximum Gasteiger partial charge on any atom is 0.329 e. The number of carbonyl (C=O) groups excluding carboxylic acids is 1. The zero-order valence-electron chi connectivity index (χ0n) is 15.0. The van der Waals surface area contributed by atoms with Gasteiger partial charge in [0.05, 0.1) is 18.3 Å². The second kappa shape index (κ2) is 8.65. The van der Waals surface area contributed by atoms with Crippen LogP contribution in [0.1, 0.15) is 19.9 Å². The molecule has 0 aliphatic carbocycles. The molecule has 0 bridgehead atoms. The Morgan fingerprint density at radius 3 is 2.74 bits per heavy atom. The van der Waals surface area contributed by atoms with Crippen LogP contribution < -0.4 is 5.56 Å². The summed E-state index contributed by atoms with van der Waals surface area (Å²) in [6.45, 7) is 4.51. The van der Waals surface area contributed by atoms with Gasteiger partial charge in [-0.3, -0.25) is 9.36 Å². The van der Waals surface area contributed by atoms with Crippen molar-refractivity contribution in [1.29, 1.82) is 0 Å². The summed E-state index contributed by atoms with van der Waals surface area (Å²) in [4.78, 5) is 30.3. The van der Waals surface area contributed by atoms with Gasteiger partial charge in [0.25, 0.3) is 5.56 Å². The standard InChI is InChI=1S/C19H19ClN2O4S/c1-3-25-8-9-26-19(24)12(2)22-11-21-17-16(18(22)23)15(10-27-17)13-4-6-14(20)7-5-13/h4-7,10-12H,3,8-9H2,1-2H3/t12-/m1/s1. The Morgan fingerprint density at radius 2 is 2.04 bits per heavy atom. The number of halogens is 1. The summed E-state index contributed by atoms with van der Waals surface area (Å²) in [5.74, 6) is -0.499. The van der Waals surface area contributed by atoms with Gasteiger partial charge in [0.15, 0.2) is 0 Å². The topological polar surface area (TPSA) is 70.4 Å². The van der Waals surface area contributed by atoms with Crippen LogP contribution in [0.5, 0.6) is 0 Å². The van der Waals surface area contributed by atoms with Gasteiger partial charge in [0, 0.05) is 22.6 Å². The van der Waals surface area contributed by atoms with Crippen molar-refractivity contribution in [3.05, 3.63) is 51.3 Å². The fraction of sp³-hybridized carbons (Fsp3) is 0.316. The van der Waals surface area contributed by atoms with Gasteiger partial charge in [-0.15, -0.1) is 11.3 Å². The quantitative estimate of drug-likeness (QED) is 0.439. The van der Waals surface area contributed by atoms with E-state index in [1.165, 1.54) is 22.2 Å². The average Bonchev–Trinajstić information content (AvgIpc) is 3.10. The Hall–Kier alpha value is -2.22. The van der Waals surface area contributed by atoms with Crippen molar-refractivity contribution in [1.82, 2.24) is 9.55 Å². The van der Waals surface area contributed by atoms with Crippen LogP contribution in [-0.4, -0.2) is 35.3 Å². The molecule has 27 heavy (non-hydrogen) atoms. The van der Waals surface area contributed by atoms with E-state index in [2.05, 4.69) is 4.98 Å². The van der Waals surface area contributed by atoms with Crippen LogP contribution in [0.2, 0.25) is 5.02 Å². The fourth-order valence-electron chi connectivity index (χ4n) is 2.64. The minimum absolute atomic E-state index is 0.149. The number of aromatic nitrogens is 2. The van der Waals surface area contributed by atoms with E-state index in [0.29, 0.717) is 28.5 Å². The Morgan fingerprint density at radius 1 is 1.30 bits per heavy atom. The lowest BCUT2D eigenvalue weighted by Crippen LogP contribution is -2.30. The van der Waals surface area contributed by atoms with Crippen molar-refractivity contribution in [3.63, 3.8) is 0 Å². The summed E-state index contributed by atoms with van der Waals surface area (Å²) >= 11 is 7.33. The van der Waals surface area contributed by atoms with E-state index < -0.39 is 12.0 Å². The van der Waals surface area contributed by atoms with Crippen LogP contribution in [0.4, 0.5) is 0 Å². The summed E-state index contributed by atoms with van der Waals surface area (Å²) in [5.41, 5.74) is 1.37. The molecule has 0 saturated carbocycles. The van der Waals surface area contributed by atoms with E-state index in [9.17, 15) is 9.59 Å². The molecule has 3 aromatic rings. The SMILES string of the molecule is CCOCCOC(=O)[C@@H](C)n1cnc2scc(-c3ccc(Cl)cc3)c2c1=O. The second-order valence-corrected chi connectivity index (χ2v) is 7.13. The average molecular weight is 407 g/mol. The summed E-state index contributed by atoms with van der Waals surface area (Å²) in [6.07, 6.45) is 1.39. The van der Waals surface area contributed by atoms with Crippen molar-refractivity contribution in [2.24, 2.45) is 0 Å². The minimum atomic E-state index is -0.783. The highest BCUT2D eigenvalue weighted by Gasteiger charge is 2.21. The molecule has 0 aliphatic rings. The van der Waals surface area contributed by atoms with E-state index in [1.54, 1.807) is 19.1 Å². The molecule has 0 unspecified atom stereocenters. The number of nitrogens with zero attached hydrogens (tertiary/aromatic N) is 2. The van der Waals surface area contributed by atoms with Crippen molar-refractivity contribution in [3.8, 4) is 11.1 Å². The Balaban J connectivity index is 1.92. The van der Waals surface area contributed by atoms with Crippen molar-refractivity contribution < 1.29 is 14.3 Å². The van der Waals surface area contributed by atoms with Gasteiger partial charge in [0.2, 0.25) is 0 Å². The molecule has 142 valence electrons. The van der Waals surface area contributed by atoms with E-state index in [1.807, 2.05) is 24.4 Å². The van der Waals surface area contributed by atoms with Crippen LogP contribution >= 0.6 is 22.9 Å². The first-order valence-electron chi connectivity index (χ1n) is 8.51. The smallest absolute Gasteiger partial charge is 0.329 e. The van der Waals surface area contributed by atoms with Crippen LogP contribution in [0.25, 0.3) is 21.3 Å². The first-order valence-corrected chi connectivity index (χ1v) is 9.77. The number of fused-ring (bicyclic) bond motifs is 1. The highest BCUT2D eigenvalue weighted by molar-refractivity contribution is 7.17. The predicted molar refractivity (Wildman–Crippen MR) is 106 cm³/mol. The van der Waals surface area contributed by atoms with Crippen molar-refractivity contribution in [2.75, 3.05) is 19.8 Å². The molecule has 0 aliphatic heterocycles. The van der Waals surface area contributed by atoms with Gasteiger partial charge < -0.3 is 9.47 Å². The summed E-state index contributed by atoms with van der Waals surface area (Å²) in [6, 6.07) is 6.47. The Labute approximate surface area is 165 Å². The number of hydrogen-bond donors (Lipinski definition) is 0. The molecule has 0 fully saturated rings. The van der Waals surface area contributed by atoms with E-state index in [-0.39, 0.29) is 12.2 Å². The zero-order chi connectivity index (χ0) is 19.4. The molecular weight excluding hydrogens is 388 g/mol. The number of benzene rings is 1. The molecule has 2 aromatic heterocycles. The molecule has 1 aromatic carbocycles. The maximum atomic E-state index is 13.0. The van der Waals surface area contributed by atoms with Gasteiger partial charge in [-0.25, -0.2) is 9.78 Å². The first kappa shape index (κ1) is 19.5. The van der Waals surface area contributed by atoms with Gasteiger partial charge in [0.1, 0.15) is 17.5 Å². The third-order valence-corrected chi connectivity index (χ3v) is 5.25. The number of ether oxygens (including phenoxy) is 2. The van der Waals surface area contributed by atoms with E-state index in [0.717, 1.165) is 11.1 Å². The van der Waals surface area contributed by atoms with Crippen LogP contribution in [0, 0.1) is 0 Å². The fourth-order valence-corrected chi connectivity index (χ4v) is 3.68. The molecule has 6 nitrogen and oxygen atoms in total. The van der Waals surface area contributed by atoms with Gasteiger partial charge in [-0.05, 0) is 31.5 Å². The van der Waals surface area contributed by atoms with Crippen molar-refractivity contribution >= 4 is 39.1 Å². The highest BCUT2D eigenvalue weighted by atomic mass is 35.5. The molecular formula is C19H19ClN2O4S. The number of carbonyl (C=O) groups is 1. The molecule has 0 N–H and O–H groups in total.